The number of rotatable bonds is 6. The molecule has 0 spiro atoms. The minimum atomic E-state index is 0.430. The van der Waals surface area contributed by atoms with Crippen LogP contribution in [0.15, 0.2) is 72.9 Å². The Kier molecular flexibility index (Phi) is 4.29. The van der Waals surface area contributed by atoms with Crippen LogP contribution in [0.1, 0.15) is 11.1 Å². The zero-order chi connectivity index (χ0) is 16.9. The van der Waals surface area contributed by atoms with E-state index in [1.807, 2.05) is 72.9 Å². The molecule has 0 saturated carbocycles. The summed E-state index contributed by atoms with van der Waals surface area (Å²) in [6, 6.07) is 22.3. The summed E-state index contributed by atoms with van der Waals surface area (Å²) in [5, 5.41) is 0. The highest BCUT2D eigenvalue weighted by molar-refractivity contribution is 5.78. The van der Waals surface area contributed by atoms with Crippen LogP contribution in [0.5, 0.6) is 11.9 Å². The Bertz CT molecular complexity index is 953. The van der Waals surface area contributed by atoms with Gasteiger partial charge in [-0.15, -0.1) is 0 Å². The van der Waals surface area contributed by atoms with Crippen LogP contribution < -0.4 is 14.5 Å². The van der Waals surface area contributed by atoms with Crippen molar-refractivity contribution in [2.75, 3.05) is 0 Å². The highest BCUT2D eigenvalue weighted by Crippen LogP contribution is 2.21. The molecule has 0 aliphatic carbocycles. The van der Waals surface area contributed by atoms with E-state index in [0.29, 0.717) is 25.1 Å². The molecule has 124 valence electrons. The van der Waals surface area contributed by atoms with E-state index in [9.17, 15) is 0 Å². The predicted octanol–water partition coefficient (Wildman–Crippen LogP) is 3.54. The second-order valence-corrected chi connectivity index (χ2v) is 5.66. The molecule has 0 bridgehead atoms. The summed E-state index contributed by atoms with van der Waals surface area (Å²) in [4.78, 5) is 10.8. The molecule has 0 saturated heterocycles. The molecule has 2 aromatic carbocycles. The van der Waals surface area contributed by atoms with Gasteiger partial charge in [0.05, 0.1) is 0 Å². The zero-order valence-electron chi connectivity index (χ0n) is 13.6. The summed E-state index contributed by atoms with van der Waals surface area (Å²) < 4.78 is 11.8. The molecule has 0 aliphatic rings. The molecule has 0 aliphatic heterocycles. The van der Waals surface area contributed by atoms with Gasteiger partial charge in [-0.2, -0.15) is 4.98 Å². The molecule has 2 aromatic heterocycles. The van der Waals surface area contributed by atoms with Gasteiger partial charge in [0.1, 0.15) is 13.2 Å². The average Bonchev–Trinajstić information content (AvgIpc) is 3.15. The molecule has 5 heteroatoms. The lowest BCUT2D eigenvalue weighted by atomic mass is 10.2. The number of nitrogens with zero attached hydrogens (tertiary/aromatic N) is 1. The van der Waals surface area contributed by atoms with E-state index in [0.717, 1.165) is 22.2 Å². The second-order valence-electron chi connectivity index (χ2n) is 5.66. The minimum Gasteiger partial charge on any atom is -0.456 e. The number of aromatic nitrogens is 3. The average molecular weight is 332 g/mol. The third-order valence-corrected chi connectivity index (χ3v) is 3.84. The van der Waals surface area contributed by atoms with Crippen molar-refractivity contribution in [2.45, 2.75) is 13.2 Å². The third kappa shape index (κ3) is 3.61. The van der Waals surface area contributed by atoms with Gasteiger partial charge in [-0.25, -0.2) is 0 Å². The number of aromatic amines is 2. The normalized spacial score (nSPS) is 10.7. The SMILES string of the molecule is c1ccc(COc2nc3cc[nH]c3c(OCc3ccccc3)[nH+]2)cc1. The number of hydrogen-bond acceptors (Lipinski definition) is 3. The van der Waals surface area contributed by atoms with Gasteiger partial charge in [-0.3, -0.25) is 0 Å². The van der Waals surface area contributed by atoms with E-state index in [2.05, 4.69) is 15.0 Å². The summed E-state index contributed by atoms with van der Waals surface area (Å²) in [5.41, 5.74) is 3.80. The van der Waals surface area contributed by atoms with Gasteiger partial charge in [0, 0.05) is 12.3 Å². The van der Waals surface area contributed by atoms with Crippen LogP contribution in [0.4, 0.5) is 0 Å². The van der Waals surface area contributed by atoms with E-state index in [-0.39, 0.29) is 0 Å². The van der Waals surface area contributed by atoms with E-state index >= 15 is 0 Å². The van der Waals surface area contributed by atoms with Crippen LogP contribution in [0, 0.1) is 0 Å². The highest BCUT2D eigenvalue weighted by atomic mass is 16.5. The summed E-state index contributed by atoms with van der Waals surface area (Å²) in [5.74, 6) is 0.613. The van der Waals surface area contributed by atoms with E-state index in [1.54, 1.807) is 0 Å². The summed E-state index contributed by atoms with van der Waals surface area (Å²) in [6.07, 6.45) is 1.84. The topological polar surface area (TPSA) is 61.3 Å². The Morgan fingerprint density at radius 3 is 2.12 bits per heavy atom. The van der Waals surface area contributed by atoms with Crippen LogP contribution >= 0.6 is 0 Å². The largest absolute Gasteiger partial charge is 0.500 e. The first-order valence-electron chi connectivity index (χ1n) is 8.12. The Hall–Kier alpha value is -3.34. The third-order valence-electron chi connectivity index (χ3n) is 3.84. The van der Waals surface area contributed by atoms with Crippen molar-refractivity contribution in [1.82, 2.24) is 9.97 Å². The second kappa shape index (κ2) is 7.05. The molecule has 25 heavy (non-hydrogen) atoms. The fraction of sp³-hybridized carbons (Fsp3) is 0.100. The van der Waals surface area contributed by atoms with Crippen LogP contribution in [-0.4, -0.2) is 9.97 Å². The van der Waals surface area contributed by atoms with Gasteiger partial charge in [0.25, 0.3) is 0 Å². The molecule has 0 amide bonds. The number of H-pyrrole nitrogens is 2. The molecule has 0 unspecified atom stereocenters. The number of fused-ring (bicyclic) bond motifs is 1. The number of ether oxygens (including phenoxy) is 2. The molecular formula is C20H18N3O2+. The summed E-state index contributed by atoms with van der Waals surface area (Å²) in [7, 11) is 0. The van der Waals surface area contributed by atoms with Crippen molar-refractivity contribution in [3.05, 3.63) is 84.1 Å². The molecule has 2 N–H and O–H groups in total. The number of benzene rings is 2. The fourth-order valence-corrected chi connectivity index (χ4v) is 2.57. The maximum absolute atomic E-state index is 5.95. The Morgan fingerprint density at radius 2 is 1.44 bits per heavy atom. The molecule has 0 radical (unpaired) electrons. The van der Waals surface area contributed by atoms with Crippen LogP contribution in [0.2, 0.25) is 0 Å². The maximum Gasteiger partial charge on any atom is 0.500 e. The standard InChI is InChI=1S/C20H17N3O2/c1-3-7-15(8-4-1)13-24-19-18-17(11-12-21-18)22-20(23-19)25-14-16-9-5-2-6-10-16/h1-12,21H,13-14H2/p+1. The van der Waals surface area contributed by atoms with Gasteiger partial charge in [-0.05, 0) is 16.1 Å². The monoisotopic (exact) mass is 332 g/mol. The number of nitrogens with one attached hydrogen (secondary N) is 2. The summed E-state index contributed by atoms with van der Waals surface area (Å²) in [6.45, 7) is 0.909. The van der Waals surface area contributed by atoms with Crippen LogP contribution in [0.25, 0.3) is 11.0 Å². The molecule has 0 fully saturated rings. The molecule has 0 atom stereocenters. The van der Waals surface area contributed by atoms with Gasteiger partial charge < -0.3 is 14.5 Å². The van der Waals surface area contributed by atoms with Crippen molar-refractivity contribution in [2.24, 2.45) is 0 Å². The van der Waals surface area contributed by atoms with Crippen molar-refractivity contribution < 1.29 is 14.5 Å². The molecule has 5 nitrogen and oxygen atoms in total. The van der Waals surface area contributed by atoms with Gasteiger partial charge in [0.15, 0.2) is 5.52 Å². The number of hydrogen-bond donors (Lipinski definition) is 1. The van der Waals surface area contributed by atoms with Crippen molar-refractivity contribution in [3.63, 3.8) is 0 Å². The van der Waals surface area contributed by atoms with Crippen molar-refractivity contribution in [3.8, 4) is 11.9 Å². The lowest BCUT2D eigenvalue weighted by molar-refractivity contribution is -0.413. The summed E-state index contributed by atoms with van der Waals surface area (Å²) >= 11 is 0. The lowest BCUT2D eigenvalue weighted by Gasteiger charge is -2.05. The van der Waals surface area contributed by atoms with Gasteiger partial charge in [-0.1, -0.05) is 60.7 Å². The predicted molar refractivity (Wildman–Crippen MR) is 94.2 cm³/mol. The zero-order valence-corrected chi connectivity index (χ0v) is 13.6. The molecule has 2 heterocycles. The maximum atomic E-state index is 5.95. The van der Waals surface area contributed by atoms with Crippen molar-refractivity contribution in [1.29, 1.82) is 0 Å². The minimum absolute atomic E-state index is 0.430. The quantitative estimate of drug-likeness (QED) is 0.587. The van der Waals surface area contributed by atoms with Gasteiger partial charge >= 0.3 is 11.9 Å². The lowest BCUT2D eigenvalue weighted by Crippen LogP contribution is -2.16. The molecule has 4 rings (SSSR count). The van der Waals surface area contributed by atoms with E-state index in [1.165, 1.54) is 0 Å². The first-order valence-corrected chi connectivity index (χ1v) is 8.12. The van der Waals surface area contributed by atoms with Crippen molar-refractivity contribution >= 4 is 11.0 Å². The smallest absolute Gasteiger partial charge is 0.456 e. The van der Waals surface area contributed by atoms with Crippen LogP contribution in [-0.2, 0) is 13.2 Å². The molecule has 4 aromatic rings. The van der Waals surface area contributed by atoms with Crippen LogP contribution in [0.3, 0.4) is 0 Å². The van der Waals surface area contributed by atoms with E-state index < -0.39 is 0 Å². The Balaban J connectivity index is 1.54. The first-order chi connectivity index (χ1) is 12.4. The first kappa shape index (κ1) is 15.2. The molecular weight excluding hydrogens is 314 g/mol. The fourth-order valence-electron chi connectivity index (χ4n) is 2.57. The highest BCUT2D eigenvalue weighted by Gasteiger charge is 2.18. The Labute approximate surface area is 145 Å². The van der Waals surface area contributed by atoms with E-state index in [4.69, 9.17) is 9.47 Å². The van der Waals surface area contributed by atoms with Gasteiger partial charge in [0.2, 0.25) is 5.52 Å². The Morgan fingerprint density at radius 1 is 0.800 bits per heavy atom.